The van der Waals surface area contributed by atoms with Crippen LogP contribution in [0.1, 0.15) is 38.5 Å². The zero-order chi connectivity index (χ0) is 9.86. The highest BCUT2D eigenvalue weighted by Gasteiger charge is 2.36. The third-order valence-electron chi connectivity index (χ3n) is 3.30. The molecule has 1 heterocycles. The molecule has 0 unspecified atom stereocenters. The number of nitrogens with zero attached hydrogens (tertiary/aromatic N) is 1. The minimum absolute atomic E-state index is 0.118. The fourth-order valence-electron chi connectivity index (χ4n) is 2.43. The largest absolute Gasteiger partial charge is 0.350 e. The van der Waals surface area contributed by atoms with Gasteiger partial charge in [-0.1, -0.05) is 19.3 Å². The second-order valence-corrected chi connectivity index (χ2v) is 4.33. The van der Waals surface area contributed by atoms with Gasteiger partial charge in [-0.15, -0.1) is 0 Å². The Morgan fingerprint density at radius 2 is 1.79 bits per heavy atom. The SMILES string of the molecule is N#CC1(CC2OCCO2)CCCCC1. The average molecular weight is 195 g/mol. The smallest absolute Gasteiger partial charge is 0.159 e. The Hall–Kier alpha value is -0.590. The Morgan fingerprint density at radius 3 is 2.36 bits per heavy atom. The van der Waals surface area contributed by atoms with E-state index in [0.717, 1.165) is 19.3 Å². The second-order valence-electron chi connectivity index (χ2n) is 4.33. The Morgan fingerprint density at radius 1 is 1.14 bits per heavy atom. The first-order valence-corrected chi connectivity index (χ1v) is 5.49. The Balaban J connectivity index is 1.93. The monoisotopic (exact) mass is 195 g/mol. The summed E-state index contributed by atoms with van der Waals surface area (Å²) >= 11 is 0. The van der Waals surface area contributed by atoms with E-state index in [0.29, 0.717) is 13.2 Å². The predicted molar refractivity (Wildman–Crippen MR) is 51.4 cm³/mol. The maximum Gasteiger partial charge on any atom is 0.159 e. The molecule has 14 heavy (non-hydrogen) atoms. The third-order valence-corrected chi connectivity index (χ3v) is 3.30. The number of hydrogen-bond acceptors (Lipinski definition) is 3. The Kier molecular flexibility index (Phi) is 3.05. The summed E-state index contributed by atoms with van der Waals surface area (Å²) in [6, 6.07) is 2.48. The molecule has 0 N–H and O–H groups in total. The lowest BCUT2D eigenvalue weighted by molar-refractivity contribution is -0.0694. The number of hydrogen-bond donors (Lipinski definition) is 0. The van der Waals surface area contributed by atoms with Gasteiger partial charge < -0.3 is 9.47 Å². The van der Waals surface area contributed by atoms with Gasteiger partial charge in [0.25, 0.3) is 0 Å². The van der Waals surface area contributed by atoms with Crippen molar-refractivity contribution in [2.24, 2.45) is 5.41 Å². The van der Waals surface area contributed by atoms with Crippen LogP contribution in [0.2, 0.25) is 0 Å². The summed E-state index contributed by atoms with van der Waals surface area (Å²) in [5, 5.41) is 9.24. The van der Waals surface area contributed by atoms with Crippen molar-refractivity contribution >= 4 is 0 Å². The highest BCUT2D eigenvalue weighted by Crippen LogP contribution is 2.40. The molecule has 0 atom stereocenters. The van der Waals surface area contributed by atoms with E-state index in [-0.39, 0.29) is 11.7 Å². The lowest BCUT2D eigenvalue weighted by atomic mass is 9.73. The van der Waals surface area contributed by atoms with Gasteiger partial charge in [-0.05, 0) is 12.8 Å². The molecule has 2 aliphatic rings. The standard InChI is InChI=1S/C11H17NO2/c12-9-11(4-2-1-3-5-11)8-10-13-6-7-14-10/h10H,1-8H2. The van der Waals surface area contributed by atoms with Crippen LogP contribution in [0.3, 0.4) is 0 Å². The lowest BCUT2D eigenvalue weighted by Crippen LogP contribution is -2.28. The number of rotatable bonds is 2. The molecule has 0 amide bonds. The van der Waals surface area contributed by atoms with Crippen LogP contribution < -0.4 is 0 Å². The van der Waals surface area contributed by atoms with Crippen LogP contribution in [0.4, 0.5) is 0 Å². The van der Waals surface area contributed by atoms with Gasteiger partial charge in [0, 0.05) is 6.42 Å². The van der Waals surface area contributed by atoms with Crippen LogP contribution in [0, 0.1) is 16.7 Å². The van der Waals surface area contributed by atoms with Gasteiger partial charge in [0.2, 0.25) is 0 Å². The van der Waals surface area contributed by atoms with Gasteiger partial charge in [0.1, 0.15) is 0 Å². The predicted octanol–water partition coefficient (Wildman–Crippen LogP) is 2.22. The summed E-state index contributed by atoms with van der Waals surface area (Å²) in [7, 11) is 0. The van der Waals surface area contributed by atoms with E-state index in [1.807, 2.05) is 0 Å². The second kappa shape index (κ2) is 4.29. The molecule has 0 aromatic carbocycles. The molecule has 1 aliphatic carbocycles. The fraction of sp³-hybridized carbons (Fsp3) is 0.909. The van der Waals surface area contributed by atoms with Crippen molar-refractivity contribution in [3.05, 3.63) is 0 Å². The molecule has 1 saturated carbocycles. The summed E-state index contributed by atoms with van der Waals surface area (Å²) in [6.45, 7) is 1.37. The van der Waals surface area contributed by atoms with E-state index in [9.17, 15) is 5.26 Å². The number of ether oxygens (including phenoxy) is 2. The van der Waals surface area contributed by atoms with E-state index < -0.39 is 0 Å². The van der Waals surface area contributed by atoms with E-state index in [1.54, 1.807) is 0 Å². The van der Waals surface area contributed by atoms with Crippen molar-refractivity contribution in [3.63, 3.8) is 0 Å². The molecule has 1 saturated heterocycles. The zero-order valence-corrected chi connectivity index (χ0v) is 8.50. The molecule has 0 spiro atoms. The first-order chi connectivity index (χ1) is 6.85. The minimum Gasteiger partial charge on any atom is -0.350 e. The minimum atomic E-state index is -0.159. The van der Waals surface area contributed by atoms with Crippen LogP contribution in [-0.2, 0) is 9.47 Å². The fourth-order valence-corrected chi connectivity index (χ4v) is 2.43. The maximum absolute atomic E-state index is 9.24. The van der Waals surface area contributed by atoms with E-state index in [4.69, 9.17) is 9.47 Å². The van der Waals surface area contributed by atoms with Crippen LogP contribution in [0.15, 0.2) is 0 Å². The molecular formula is C11H17NO2. The average Bonchev–Trinajstić information content (AvgIpc) is 2.72. The topological polar surface area (TPSA) is 42.2 Å². The van der Waals surface area contributed by atoms with Gasteiger partial charge in [0.05, 0.1) is 24.7 Å². The van der Waals surface area contributed by atoms with Crippen molar-refractivity contribution in [3.8, 4) is 6.07 Å². The maximum atomic E-state index is 9.24. The summed E-state index contributed by atoms with van der Waals surface area (Å²) in [5.41, 5.74) is -0.159. The highest BCUT2D eigenvalue weighted by molar-refractivity contribution is 5.01. The van der Waals surface area contributed by atoms with Crippen LogP contribution >= 0.6 is 0 Å². The van der Waals surface area contributed by atoms with Crippen molar-refractivity contribution in [1.82, 2.24) is 0 Å². The van der Waals surface area contributed by atoms with Crippen LogP contribution in [-0.4, -0.2) is 19.5 Å². The quantitative estimate of drug-likeness (QED) is 0.678. The normalized spacial score (nSPS) is 27.4. The lowest BCUT2D eigenvalue weighted by Gasteiger charge is -2.31. The van der Waals surface area contributed by atoms with Crippen molar-refractivity contribution in [2.45, 2.75) is 44.8 Å². The first kappa shape index (κ1) is 9.95. The molecule has 2 rings (SSSR count). The molecule has 3 nitrogen and oxygen atoms in total. The molecular weight excluding hydrogens is 178 g/mol. The van der Waals surface area contributed by atoms with Gasteiger partial charge in [-0.25, -0.2) is 0 Å². The van der Waals surface area contributed by atoms with Crippen LogP contribution in [0.25, 0.3) is 0 Å². The van der Waals surface area contributed by atoms with Gasteiger partial charge >= 0.3 is 0 Å². The summed E-state index contributed by atoms with van der Waals surface area (Å²) in [4.78, 5) is 0. The summed E-state index contributed by atoms with van der Waals surface area (Å²) in [5.74, 6) is 0. The van der Waals surface area contributed by atoms with Gasteiger partial charge in [-0.3, -0.25) is 0 Å². The molecule has 0 aromatic rings. The van der Waals surface area contributed by atoms with Gasteiger partial charge in [-0.2, -0.15) is 5.26 Å². The van der Waals surface area contributed by atoms with Crippen LogP contribution in [0.5, 0.6) is 0 Å². The molecule has 0 bridgehead atoms. The molecule has 0 aromatic heterocycles. The molecule has 2 fully saturated rings. The van der Waals surface area contributed by atoms with E-state index >= 15 is 0 Å². The molecule has 1 aliphatic heterocycles. The van der Waals surface area contributed by atoms with Crippen molar-refractivity contribution in [2.75, 3.05) is 13.2 Å². The zero-order valence-electron chi connectivity index (χ0n) is 8.50. The van der Waals surface area contributed by atoms with Crippen molar-refractivity contribution in [1.29, 1.82) is 5.26 Å². The summed E-state index contributed by atoms with van der Waals surface area (Å²) in [6.07, 6.45) is 6.33. The Bertz CT molecular complexity index is 222. The van der Waals surface area contributed by atoms with Crippen molar-refractivity contribution < 1.29 is 9.47 Å². The molecule has 0 radical (unpaired) electrons. The molecule has 3 heteroatoms. The molecule has 78 valence electrons. The Labute approximate surface area is 85.0 Å². The van der Waals surface area contributed by atoms with Gasteiger partial charge in [0.15, 0.2) is 6.29 Å². The third kappa shape index (κ3) is 2.08. The van der Waals surface area contributed by atoms with E-state index in [1.165, 1.54) is 19.3 Å². The first-order valence-electron chi connectivity index (χ1n) is 5.49. The summed E-state index contributed by atoms with van der Waals surface area (Å²) < 4.78 is 10.8. The highest BCUT2D eigenvalue weighted by atomic mass is 16.7. The van der Waals surface area contributed by atoms with E-state index in [2.05, 4.69) is 6.07 Å². The number of nitriles is 1.